The molecule has 0 unspecified atom stereocenters. The van der Waals surface area contributed by atoms with Crippen molar-refractivity contribution in [1.82, 2.24) is 5.32 Å². The van der Waals surface area contributed by atoms with E-state index in [0.29, 0.717) is 12.2 Å². The molecule has 1 aliphatic heterocycles. The molecule has 0 spiro atoms. The van der Waals surface area contributed by atoms with E-state index < -0.39 is 5.97 Å². The molecule has 5 N–H and O–H groups in total. The van der Waals surface area contributed by atoms with Crippen LogP contribution in [0, 0.1) is 5.41 Å². The van der Waals surface area contributed by atoms with Crippen LogP contribution < -0.4 is 11.1 Å². The van der Waals surface area contributed by atoms with Gasteiger partial charge >= 0.3 is 5.97 Å². The minimum absolute atomic E-state index is 0.0179. The van der Waals surface area contributed by atoms with Crippen LogP contribution in [0.15, 0.2) is 42.5 Å². The van der Waals surface area contributed by atoms with Crippen LogP contribution in [-0.2, 0) is 11.3 Å². The second-order valence-corrected chi connectivity index (χ2v) is 6.48. The molecule has 0 atom stereocenters. The van der Waals surface area contributed by atoms with E-state index in [0.717, 1.165) is 42.6 Å². The van der Waals surface area contributed by atoms with Crippen LogP contribution in [0.4, 0.5) is 0 Å². The molecule has 1 fully saturated rings. The van der Waals surface area contributed by atoms with Gasteiger partial charge in [0, 0.05) is 5.56 Å². The largest absolute Gasteiger partial charge is 0.478 e. The number of nitrogens with one attached hydrogen (secondary N) is 2. The van der Waals surface area contributed by atoms with Gasteiger partial charge in [0.25, 0.3) is 0 Å². The average molecular weight is 353 g/mol. The number of aromatic carboxylic acids is 1. The number of carboxylic acid groups (broad SMARTS) is 1. The Balaban J connectivity index is 1.87. The first kappa shape index (κ1) is 18.1. The normalized spacial score (nSPS) is 14.9. The fraction of sp³-hybridized carbons (Fsp3) is 0.300. The molecule has 1 aliphatic rings. The lowest BCUT2D eigenvalue weighted by molar-refractivity contribution is 0.0212. The maximum atomic E-state index is 11.5. The number of nitrogens with two attached hydrogens (primary N) is 1. The van der Waals surface area contributed by atoms with Crippen molar-refractivity contribution in [2.24, 2.45) is 5.73 Å². The van der Waals surface area contributed by atoms with Gasteiger partial charge in [-0.1, -0.05) is 18.2 Å². The highest BCUT2D eigenvalue weighted by Crippen LogP contribution is 2.25. The van der Waals surface area contributed by atoms with Gasteiger partial charge in [-0.25, -0.2) is 4.79 Å². The summed E-state index contributed by atoms with van der Waals surface area (Å²) in [6.07, 6.45) is 2.13. The van der Waals surface area contributed by atoms with E-state index in [-0.39, 0.29) is 17.5 Å². The monoisotopic (exact) mass is 353 g/mol. The van der Waals surface area contributed by atoms with E-state index in [1.807, 2.05) is 18.2 Å². The molecule has 0 radical (unpaired) electrons. The highest BCUT2D eigenvalue weighted by molar-refractivity contribution is 5.96. The van der Waals surface area contributed by atoms with Crippen LogP contribution in [0.2, 0.25) is 0 Å². The number of carbonyl (C=O) groups is 1. The van der Waals surface area contributed by atoms with Crippen LogP contribution >= 0.6 is 0 Å². The first-order valence-electron chi connectivity index (χ1n) is 8.67. The molecule has 3 rings (SSSR count). The first-order valence-corrected chi connectivity index (χ1v) is 8.67. The fourth-order valence-electron chi connectivity index (χ4n) is 3.11. The molecule has 1 saturated heterocycles. The Morgan fingerprint density at radius 1 is 1.15 bits per heavy atom. The maximum Gasteiger partial charge on any atom is 0.335 e. The van der Waals surface area contributed by atoms with Gasteiger partial charge in [0.1, 0.15) is 5.84 Å². The zero-order chi connectivity index (χ0) is 18.5. The van der Waals surface area contributed by atoms with Gasteiger partial charge in [-0.2, -0.15) is 0 Å². The summed E-state index contributed by atoms with van der Waals surface area (Å²) in [6.45, 7) is 2.27. The molecule has 0 saturated carbocycles. The summed E-state index contributed by atoms with van der Waals surface area (Å²) in [5, 5.41) is 20.3. The Bertz CT molecular complexity index is 814. The molecule has 1 heterocycles. The van der Waals surface area contributed by atoms with Crippen molar-refractivity contribution in [3.63, 3.8) is 0 Å². The van der Waals surface area contributed by atoms with Crippen molar-refractivity contribution in [3.8, 4) is 11.1 Å². The highest BCUT2D eigenvalue weighted by Gasteiger charge is 2.15. The third-order valence-electron chi connectivity index (χ3n) is 4.52. The molecule has 26 heavy (non-hydrogen) atoms. The number of piperidine rings is 1. The van der Waals surface area contributed by atoms with Crippen molar-refractivity contribution in [2.45, 2.75) is 25.6 Å². The molecular formula is C20H23N3O3. The zero-order valence-corrected chi connectivity index (χ0v) is 14.5. The van der Waals surface area contributed by atoms with Gasteiger partial charge in [-0.3, -0.25) is 5.41 Å². The smallest absolute Gasteiger partial charge is 0.335 e. The van der Waals surface area contributed by atoms with Gasteiger partial charge in [-0.15, -0.1) is 0 Å². The number of carboxylic acids is 1. The molecule has 0 aromatic heterocycles. The van der Waals surface area contributed by atoms with Gasteiger partial charge in [0.15, 0.2) is 0 Å². The minimum Gasteiger partial charge on any atom is -0.478 e. The van der Waals surface area contributed by atoms with Gasteiger partial charge < -0.3 is 20.9 Å². The molecule has 2 aromatic carbocycles. The predicted octanol–water partition coefficient (Wildman–Crippen LogP) is 2.60. The van der Waals surface area contributed by atoms with E-state index in [9.17, 15) is 9.90 Å². The number of rotatable bonds is 6. The lowest BCUT2D eigenvalue weighted by atomic mass is 9.98. The zero-order valence-electron chi connectivity index (χ0n) is 14.5. The third kappa shape index (κ3) is 4.47. The summed E-state index contributed by atoms with van der Waals surface area (Å²) in [5.41, 5.74) is 8.82. The lowest BCUT2D eigenvalue weighted by Crippen LogP contribution is -2.32. The fourth-order valence-corrected chi connectivity index (χ4v) is 3.11. The highest BCUT2D eigenvalue weighted by atomic mass is 16.5. The maximum absolute atomic E-state index is 11.5. The van der Waals surface area contributed by atoms with Crippen LogP contribution in [0.3, 0.4) is 0 Å². The number of hydrogen-bond donors (Lipinski definition) is 4. The van der Waals surface area contributed by atoms with E-state index in [1.54, 1.807) is 24.3 Å². The number of ether oxygens (including phenoxy) is 1. The Hall–Kier alpha value is -2.70. The second-order valence-electron chi connectivity index (χ2n) is 6.48. The van der Waals surface area contributed by atoms with Crippen molar-refractivity contribution >= 4 is 11.8 Å². The van der Waals surface area contributed by atoms with E-state index in [4.69, 9.17) is 15.9 Å². The van der Waals surface area contributed by atoms with Crippen LogP contribution in [0.25, 0.3) is 11.1 Å². The summed E-state index contributed by atoms with van der Waals surface area (Å²) in [4.78, 5) is 11.5. The summed E-state index contributed by atoms with van der Waals surface area (Å²) in [7, 11) is 0. The molecule has 6 nitrogen and oxygen atoms in total. The number of hydrogen-bond acceptors (Lipinski definition) is 4. The van der Waals surface area contributed by atoms with Crippen LogP contribution in [0.1, 0.15) is 34.3 Å². The summed E-state index contributed by atoms with van der Waals surface area (Å²) >= 11 is 0. The Morgan fingerprint density at radius 3 is 2.58 bits per heavy atom. The molecule has 0 bridgehead atoms. The minimum atomic E-state index is -0.974. The standard InChI is InChI=1S/C20H23N3O3/c21-19(22)15-3-1-2-14(10-15)16-8-13(9-17(11-16)20(24)25)12-26-18-4-6-23-7-5-18/h1-3,8-11,18,23H,4-7,12H2,(H3,21,22)(H,24,25). The van der Waals surface area contributed by atoms with Crippen molar-refractivity contribution in [2.75, 3.05) is 13.1 Å². The van der Waals surface area contributed by atoms with E-state index in [2.05, 4.69) is 5.32 Å². The third-order valence-corrected chi connectivity index (χ3v) is 4.52. The lowest BCUT2D eigenvalue weighted by Gasteiger charge is -2.23. The van der Waals surface area contributed by atoms with Gasteiger partial charge in [0.05, 0.1) is 18.3 Å². The Kier molecular flexibility index (Phi) is 5.65. The first-order chi connectivity index (χ1) is 12.5. The summed E-state index contributed by atoms with van der Waals surface area (Å²) < 4.78 is 5.97. The molecular weight excluding hydrogens is 330 g/mol. The summed E-state index contributed by atoms with van der Waals surface area (Å²) in [5.74, 6) is -0.992. The molecule has 6 heteroatoms. The van der Waals surface area contributed by atoms with E-state index in [1.165, 1.54) is 0 Å². The quantitative estimate of drug-likeness (QED) is 0.471. The van der Waals surface area contributed by atoms with Gasteiger partial charge in [-0.05, 0) is 66.9 Å². The number of benzene rings is 2. The average Bonchev–Trinajstić information content (AvgIpc) is 2.67. The molecule has 0 aliphatic carbocycles. The predicted molar refractivity (Wildman–Crippen MR) is 101 cm³/mol. The van der Waals surface area contributed by atoms with Crippen LogP contribution in [0.5, 0.6) is 0 Å². The molecule has 136 valence electrons. The topological polar surface area (TPSA) is 108 Å². The Labute approximate surface area is 152 Å². The van der Waals surface area contributed by atoms with E-state index >= 15 is 0 Å². The molecule has 0 amide bonds. The SMILES string of the molecule is N=C(N)c1cccc(-c2cc(COC3CCNCC3)cc(C(=O)O)c2)c1. The van der Waals surface area contributed by atoms with Crippen molar-refractivity contribution < 1.29 is 14.6 Å². The van der Waals surface area contributed by atoms with Crippen LogP contribution in [-0.4, -0.2) is 36.1 Å². The second kappa shape index (κ2) is 8.12. The van der Waals surface area contributed by atoms with Crippen molar-refractivity contribution in [1.29, 1.82) is 5.41 Å². The van der Waals surface area contributed by atoms with Crippen molar-refractivity contribution in [3.05, 3.63) is 59.2 Å². The molecule has 2 aromatic rings. The number of nitrogen functional groups attached to an aromatic ring is 1. The Morgan fingerprint density at radius 2 is 1.88 bits per heavy atom. The number of amidine groups is 1. The van der Waals surface area contributed by atoms with Gasteiger partial charge in [0.2, 0.25) is 0 Å². The summed E-state index contributed by atoms with van der Waals surface area (Å²) in [6, 6.07) is 12.5.